The van der Waals surface area contributed by atoms with Crippen molar-refractivity contribution in [2.45, 2.75) is 45.0 Å². The van der Waals surface area contributed by atoms with Crippen LogP contribution < -0.4 is 4.90 Å². The van der Waals surface area contributed by atoms with E-state index in [0.29, 0.717) is 17.8 Å². The third-order valence-electron chi connectivity index (χ3n) is 3.70. The van der Waals surface area contributed by atoms with Gasteiger partial charge in [-0.1, -0.05) is 6.07 Å². The minimum Gasteiger partial charge on any atom is -0.388 e. The standard InChI is InChI=1S/C14H18F3NO/c1-4-18-11-7-5-6-10(14(15,16)17)9(11)8-12(18)13(2,3)19/h5-7,12,19H,4,8H2,1-3H3. The van der Waals surface area contributed by atoms with Gasteiger partial charge in [0.05, 0.1) is 17.2 Å². The van der Waals surface area contributed by atoms with E-state index in [2.05, 4.69) is 0 Å². The molecular formula is C14H18F3NO. The average molecular weight is 273 g/mol. The number of benzene rings is 1. The predicted octanol–water partition coefficient (Wildman–Crippen LogP) is 3.23. The molecule has 0 aliphatic carbocycles. The van der Waals surface area contributed by atoms with Crippen LogP contribution in [0.1, 0.15) is 31.9 Å². The van der Waals surface area contributed by atoms with Crippen LogP contribution in [0.3, 0.4) is 0 Å². The molecule has 0 radical (unpaired) electrons. The van der Waals surface area contributed by atoms with Crippen LogP contribution in [0.15, 0.2) is 18.2 Å². The highest BCUT2D eigenvalue weighted by Crippen LogP contribution is 2.43. The third-order valence-corrected chi connectivity index (χ3v) is 3.70. The summed E-state index contributed by atoms with van der Waals surface area (Å²) in [7, 11) is 0. The van der Waals surface area contributed by atoms with Crippen LogP contribution >= 0.6 is 0 Å². The van der Waals surface area contributed by atoms with Crippen molar-refractivity contribution < 1.29 is 18.3 Å². The van der Waals surface area contributed by atoms with Crippen molar-refractivity contribution in [3.8, 4) is 0 Å². The molecule has 0 amide bonds. The van der Waals surface area contributed by atoms with Gasteiger partial charge in [-0.15, -0.1) is 0 Å². The first-order chi connectivity index (χ1) is 8.66. The molecule has 2 rings (SSSR count). The van der Waals surface area contributed by atoms with E-state index < -0.39 is 17.3 Å². The predicted molar refractivity (Wildman–Crippen MR) is 68.3 cm³/mol. The van der Waals surface area contributed by atoms with E-state index in [1.54, 1.807) is 19.9 Å². The molecule has 1 aliphatic heterocycles. The van der Waals surface area contributed by atoms with Crippen LogP contribution in [0.25, 0.3) is 0 Å². The molecule has 1 heterocycles. The summed E-state index contributed by atoms with van der Waals surface area (Å²) in [4.78, 5) is 1.85. The molecule has 0 fully saturated rings. The molecule has 1 atom stereocenters. The minimum atomic E-state index is -4.35. The molecule has 0 aromatic heterocycles. The van der Waals surface area contributed by atoms with Crippen molar-refractivity contribution in [2.75, 3.05) is 11.4 Å². The number of likely N-dealkylation sites (N-methyl/N-ethyl adjacent to an activating group) is 1. The Morgan fingerprint density at radius 1 is 1.32 bits per heavy atom. The van der Waals surface area contributed by atoms with Crippen LogP contribution in [-0.4, -0.2) is 23.3 Å². The number of aliphatic hydroxyl groups is 1. The summed E-state index contributed by atoms with van der Waals surface area (Å²) in [6.07, 6.45) is -4.12. The first kappa shape index (κ1) is 14.2. The molecule has 5 heteroatoms. The number of nitrogens with zero attached hydrogens (tertiary/aromatic N) is 1. The number of halogens is 3. The Bertz CT molecular complexity index is 477. The van der Waals surface area contributed by atoms with Crippen molar-refractivity contribution in [3.05, 3.63) is 29.3 Å². The molecule has 2 nitrogen and oxygen atoms in total. The van der Waals surface area contributed by atoms with Gasteiger partial charge in [0.1, 0.15) is 0 Å². The van der Waals surface area contributed by atoms with Gasteiger partial charge in [0, 0.05) is 12.2 Å². The lowest BCUT2D eigenvalue weighted by Crippen LogP contribution is -2.47. The van der Waals surface area contributed by atoms with Crippen LogP contribution in [0.2, 0.25) is 0 Å². The first-order valence-electron chi connectivity index (χ1n) is 6.34. The molecule has 0 spiro atoms. The van der Waals surface area contributed by atoms with Crippen LogP contribution in [0, 0.1) is 0 Å². The molecule has 0 saturated carbocycles. The fraction of sp³-hybridized carbons (Fsp3) is 0.571. The molecule has 1 aromatic carbocycles. The van der Waals surface area contributed by atoms with Gasteiger partial charge in [0.2, 0.25) is 0 Å². The number of anilines is 1. The highest BCUT2D eigenvalue weighted by Gasteiger charge is 2.43. The van der Waals surface area contributed by atoms with Gasteiger partial charge >= 0.3 is 6.18 Å². The third kappa shape index (κ3) is 2.43. The molecule has 19 heavy (non-hydrogen) atoms. The maximum Gasteiger partial charge on any atom is 0.416 e. The van der Waals surface area contributed by atoms with Gasteiger partial charge in [-0.05, 0) is 44.9 Å². The Balaban J connectivity index is 2.52. The maximum atomic E-state index is 13.0. The summed E-state index contributed by atoms with van der Waals surface area (Å²) < 4.78 is 39.1. The van der Waals surface area contributed by atoms with E-state index in [9.17, 15) is 18.3 Å². The number of rotatable bonds is 2. The van der Waals surface area contributed by atoms with Gasteiger partial charge in [-0.2, -0.15) is 13.2 Å². The second-order valence-electron chi connectivity index (χ2n) is 5.46. The van der Waals surface area contributed by atoms with Crippen molar-refractivity contribution >= 4 is 5.69 Å². The second kappa shape index (κ2) is 4.40. The first-order valence-corrected chi connectivity index (χ1v) is 6.34. The van der Waals surface area contributed by atoms with E-state index in [1.807, 2.05) is 11.8 Å². The highest BCUT2D eigenvalue weighted by molar-refractivity contribution is 5.63. The van der Waals surface area contributed by atoms with Crippen LogP contribution in [0.4, 0.5) is 18.9 Å². The minimum absolute atomic E-state index is 0.225. The quantitative estimate of drug-likeness (QED) is 0.894. The number of hydrogen-bond donors (Lipinski definition) is 1. The lowest BCUT2D eigenvalue weighted by molar-refractivity contribution is -0.138. The molecule has 1 aliphatic rings. The lowest BCUT2D eigenvalue weighted by Gasteiger charge is -2.34. The Morgan fingerprint density at radius 2 is 1.95 bits per heavy atom. The van der Waals surface area contributed by atoms with Crippen LogP contribution in [-0.2, 0) is 12.6 Å². The van der Waals surface area contributed by atoms with Crippen molar-refractivity contribution in [3.63, 3.8) is 0 Å². The Labute approximate surface area is 110 Å². The Morgan fingerprint density at radius 3 is 2.42 bits per heavy atom. The highest BCUT2D eigenvalue weighted by atomic mass is 19.4. The summed E-state index contributed by atoms with van der Waals surface area (Å²) in [5.74, 6) is 0. The second-order valence-corrected chi connectivity index (χ2v) is 5.46. The van der Waals surface area contributed by atoms with Gasteiger partial charge in [-0.25, -0.2) is 0 Å². The fourth-order valence-corrected chi connectivity index (χ4v) is 2.82. The van der Waals surface area contributed by atoms with Crippen LogP contribution in [0.5, 0.6) is 0 Å². The Hall–Kier alpha value is -1.23. The SMILES string of the molecule is CCN1c2cccc(C(F)(F)F)c2CC1C(C)(C)O. The molecule has 1 N–H and O–H groups in total. The molecule has 1 aromatic rings. The van der Waals surface area contributed by atoms with Gasteiger partial charge in [-0.3, -0.25) is 0 Å². The summed E-state index contributed by atoms with van der Waals surface area (Å²) in [5.41, 5.74) is -0.749. The van der Waals surface area contributed by atoms with Crippen molar-refractivity contribution in [2.24, 2.45) is 0 Å². The van der Waals surface area contributed by atoms with Gasteiger partial charge in [0.25, 0.3) is 0 Å². The average Bonchev–Trinajstić information content (AvgIpc) is 2.65. The Kier molecular flexibility index (Phi) is 3.29. The number of fused-ring (bicyclic) bond motifs is 1. The van der Waals surface area contributed by atoms with E-state index in [0.717, 1.165) is 6.07 Å². The maximum absolute atomic E-state index is 13.0. The molecule has 1 unspecified atom stereocenters. The summed E-state index contributed by atoms with van der Waals surface area (Å²) >= 11 is 0. The number of hydrogen-bond acceptors (Lipinski definition) is 2. The molecule has 0 bridgehead atoms. The van der Waals surface area contributed by atoms with Gasteiger partial charge < -0.3 is 10.0 Å². The molecular weight excluding hydrogens is 255 g/mol. The van der Waals surface area contributed by atoms with E-state index in [1.165, 1.54) is 6.07 Å². The van der Waals surface area contributed by atoms with E-state index >= 15 is 0 Å². The largest absolute Gasteiger partial charge is 0.416 e. The normalized spacial score (nSPS) is 19.7. The summed E-state index contributed by atoms with van der Waals surface area (Å²) in [6, 6.07) is 3.91. The van der Waals surface area contributed by atoms with E-state index in [4.69, 9.17) is 0 Å². The zero-order valence-corrected chi connectivity index (χ0v) is 11.3. The smallest absolute Gasteiger partial charge is 0.388 e. The summed E-state index contributed by atoms with van der Waals surface area (Å²) in [6.45, 7) is 5.73. The molecule has 106 valence electrons. The van der Waals surface area contributed by atoms with Crippen molar-refractivity contribution in [1.82, 2.24) is 0 Å². The molecule has 0 saturated heterocycles. The summed E-state index contributed by atoms with van der Waals surface area (Å²) in [5, 5.41) is 10.2. The zero-order chi connectivity index (χ0) is 14.4. The topological polar surface area (TPSA) is 23.5 Å². The monoisotopic (exact) mass is 273 g/mol. The van der Waals surface area contributed by atoms with Gasteiger partial charge in [0.15, 0.2) is 0 Å². The van der Waals surface area contributed by atoms with Crippen molar-refractivity contribution in [1.29, 1.82) is 0 Å². The zero-order valence-electron chi connectivity index (χ0n) is 11.3. The lowest BCUT2D eigenvalue weighted by atomic mass is 9.93. The van der Waals surface area contributed by atoms with E-state index in [-0.39, 0.29) is 12.5 Å². The number of alkyl halides is 3. The fourth-order valence-electron chi connectivity index (χ4n) is 2.82.